The van der Waals surface area contributed by atoms with Crippen molar-refractivity contribution in [3.63, 3.8) is 0 Å². The van der Waals surface area contributed by atoms with Gasteiger partial charge in [0.05, 0.1) is 7.11 Å². The highest BCUT2D eigenvalue weighted by Crippen LogP contribution is 2.13. The minimum absolute atomic E-state index is 0.250. The van der Waals surface area contributed by atoms with Gasteiger partial charge in [-0.2, -0.15) is 0 Å². The van der Waals surface area contributed by atoms with Crippen LogP contribution in [-0.4, -0.2) is 25.0 Å². The van der Waals surface area contributed by atoms with Gasteiger partial charge in [0.25, 0.3) is 0 Å². The summed E-state index contributed by atoms with van der Waals surface area (Å²) in [5.41, 5.74) is 0.475. The standard InChI is InChI=1S/C16H18O4/c1-4-5-6-7-15(17)20-12(2)16(18)13-8-10-14(19-3)11-9-13/h4-12H,1-3H3/b5-4+,7-6+. The number of esters is 1. The molecule has 1 aromatic rings. The first kappa shape index (κ1) is 15.7. The maximum atomic E-state index is 12.1. The number of carbonyl (C=O) groups excluding carboxylic acids is 2. The topological polar surface area (TPSA) is 52.6 Å². The van der Waals surface area contributed by atoms with Crippen molar-refractivity contribution < 1.29 is 19.1 Å². The van der Waals surface area contributed by atoms with E-state index in [1.165, 1.54) is 6.08 Å². The second kappa shape index (κ2) is 7.94. The lowest BCUT2D eigenvalue weighted by Crippen LogP contribution is -2.23. The van der Waals surface area contributed by atoms with Gasteiger partial charge in [0, 0.05) is 11.6 Å². The number of benzene rings is 1. The van der Waals surface area contributed by atoms with Crippen LogP contribution in [0, 0.1) is 0 Å². The molecule has 0 fully saturated rings. The smallest absolute Gasteiger partial charge is 0.331 e. The van der Waals surface area contributed by atoms with Crippen molar-refractivity contribution in [2.75, 3.05) is 7.11 Å². The summed E-state index contributed by atoms with van der Waals surface area (Å²) in [6, 6.07) is 6.66. The van der Waals surface area contributed by atoms with E-state index in [2.05, 4.69) is 0 Å². The van der Waals surface area contributed by atoms with Crippen molar-refractivity contribution in [1.82, 2.24) is 0 Å². The lowest BCUT2D eigenvalue weighted by molar-refractivity contribution is -0.140. The number of methoxy groups -OCH3 is 1. The van der Waals surface area contributed by atoms with E-state index in [9.17, 15) is 9.59 Å². The molecule has 0 amide bonds. The lowest BCUT2D eigenvalue weighted by Gasteiger charge is -2.11. The van der Waals surface area contributed by atoms with Crippen LogP contribution in [0.15, 0.2) is 48.6 Å². The van der Waals surface area contributed by atoms with Gasteiger partial charge < -0.3 is 9.47 Å². The van der Waals surface area contributed by atoms with Crippen LogP contribution in [0.4, 0.5) is 0 Å². The Balaban J connectivity index is 2.64. The Kier molecular flexibility index (Phi) is 6.23. The van der Waals surface area contributed by atoms with Gasteiger partial charge in [-0.15, -0.1) is 0 Å². The SMILES string of the molecule is C/C=C/C=C/C(=O)OC(C)C(=O)c1ccc(OC)cc1. The van der Waals surface area contributed by atoms with Crippen LogP contribution in [0.5, 0.6) is 5.75 Å². The van der Waals surface area contributed by atoms with E-state index in [4.69, 9.17) is 9.47 Å². The maximum absolute atomic E-state index is 12.1. The van der Waals surface area contributed by atoms with Gasteiger partial charge in [-0.05, 0) is 38.1 Å². The van der Waals surface area contributed by atoms with Gasteiger partial charge >= 0.3 is 5.97 Å². The van der Waals surface area contributed by atoms with Crippen molar-refractivity contribution in [3.05, 3.63) is 54.1 Å². The molecule has 0 aliphatic carbocycles. The molecule has 0 aliphatic rings. The largest absolute Gasteiger partial charge is 0.497 e. The Hall–Kier alpha value is -2.36. The number of Topliss-reactive ketones (excluding diaryl/α,β-unsaturated/α-hetero) is 1. The van der Waals surface area contributed by atoms with Crippen LogP contribution in [0.1, 0.15) is 24.2 Å². The zero-order chi connectivity index (χ0) is 15.0. The Morgan fingerprint density at radius 1 is 1.15 bits per heavy atom. The van der Waals surface area contributed by atoms with Crippen molar-refractivity contribution in [3.8, 4) is 5.75 Å². The number of ether oxygens (including phenoxy) is 2. The van der Waals surface area contributed by atoms with Gasteiger partial charge in [-0.3, -0.25) is 4.79 Å². The molecule has 0 spiro atoms. The van der Waals surface area contributed by atoms with Gasteiger partial charge in [-0.25, -0.2) is 4.79 Å². The highest BCUT2D eigenvalue weighted by molar-refractivity contribution is 6.00. The molecule has 0 aromatic heterocycles. The lowest BCUT2D eigenvalue weighted by atomic mass is 10.1. The predicted molar refractivity (Wildman–Crippen MR) is 76.8 cm³/mol. The molecule has 0 aliphatic heterocycles. The Bertz CT molecular complexity index is 512. The number of ketones is 1. The summed E-state index contributed by atoms with van der Waals surface area (Å²) in [5, 5.41) is 0. The number of carbonyl (C=O) groups is 2. The van der Waals surface area contributed by atoms with Gasteiger partial charge in [-0.1, -0.05) is 18.2 Å². The van der Waals surface area contributed by atoms with E-state index in [1.807, 2.05) is 6.92 Å². The molecule has 106 valence electrons. The summed E-state index contributed by atoms with van der Waals surface area (Å²) in [5.74, 6) is -0.126. The summed E-state index contributed by atoms with van der Waals surface area (Å²) in [4.78, 5) is 23.5. The maximum Gasteiger partial charge on any atom is 0.331 e. The normalized spacial score (nSPS) is 12.6. The minimum atomic E-state index is -0.828. The first-order valence-electron chi connectivity index (χ1n) is 6.26. The number of hydrogen-bond donors (Lipinski definition) is 0. The first-order valence-corrected chi connectivity index (χ1v) is 6.26. The Morgan fingerprint density at radius 3 is 2.35 bits per heavy atom. The van der Waals surface area contributed by atoms with Gasteiger partial charge in [0.1, 0.15) is 5.75 Å². The zero-order valence-corrected chi connectivity index (χ0v) is 11.8. The minimum Gasteiger partial charge on any atom is -0.497 e. The fourth-order valence-electron chi connectivity index (χ4n) is 1.50. The summed E-state index contributed by atoms with van der Waals surface area (Å²) < 4.78 is 10.0. The highest BCUT2D eigenvalue weighted by atomic mass is 16.5. The molecule has 0 heterocycles. The molecule has 4 nitrogen and oxygen atoms in total. The average Bonchev–Trinajstić information content (AvgIpc) is 2.46. The molecule has 1 atom stereocenters. The van der Waals surface area contributed by atoms with E-state index in [0.717, 1.165) is 0 Å². The number of rotatable bonds is 6. The molecular formula is C16H18O4. The molecule has 0 saturated carbocycles. The van der Waals surface area contributed by atoms with Crippen molar-refractivity contribution in [2.45, 2.75) is 20.0 Å². The molecule has 20 heavy (non-hydrogen) atoms. The zero-order valence-electron chi connectivity index (χ0n) is 11.8. The fraction of sp³-hybridized carbons (Fsp3) is 0.250. The molecule has 1 aromatic carbocycles. The molecule has 4 heteroatoms. The van der Waals surface area contributed by atoms with Gasteiger partial charge in [0.15, 0.2) is 6.10 Å². The third kappa shape index (κ3) is 4.72. The van der Waals surface area contributed by atoms with E-state index >= 15 is 0 Å². The van der Waals surface area contributed by atoms with E-state index in [-0.39, 0.29) is 5.78 Å². The summed E-state index contributed by atoms with van der Waals surface area (Å²) in [6.07, 6.45) is 5.50. The van der Waals surface area contributed by atoms with E-state index in [1.54, 1.807) is 56.5 Å². The molecule has 0 radical (unpaired) electrons. The second-order valence-corrected chi connectivity index (χ2v) is 4.06. The van der Waals surface area contributed by atoms with Crippen molar-refractivity contribution >= 4 is 11.8 Å². The van der Waals surface area contributed by atoms with Crippen LogP contribution in [0.25, 0.3) is 0 Å². The molecule has 0 bridgehead atoms. The van der Waals surface area contributed by atoms with Crippen molar-refractivity contribution in [1.29, 1.82) is 0 Å². The van der Waals surface area contributed by atoms with Crippen LogP contribution >= 0.6 is 0 Å². The highest BCUT2D eigenvalue weighted by Gasteiger charge is 2.18. The van der Waals surface area contributed by atoms with Crippen LogP contribution in [-0.2, 0) is 9.53 Å². The molecule has 0 saturated heterocycles. The number of allylic oxidation sites excluding steroid dienone is 3. The summed E-state index contributed by atoms with van der Waals surface area (Å²) in [7, 11) is 1.55. The van der Waals surface area contributed by atoms with Crippen LogP contribution < -0.4 is 4.74 Å². The summed E-state index contributed by atoms with van der Waals surface area (Å²) in [6.45, 7) is 3.39. The van der Waals surface area contributed by atoms with Crippen LogP contribution in [0.2, 0.25) is 0 Å². The fourth-order valence-corrected chi connectivity index (χ4v) is 1.50. The Labute approximate surface area is 118 Å². The van der Waals surface area contributed by atoms with E-state index < -0.39 is 12.1 Å². The van der Waals surface area contributed by atoms with Crippen LogP contribution in [0.3, 0.4) is 0 Å². The summed E-state index contributed by atoms with van der Waals surface area (Å²) >= 11 is 0. The predicted octanol–water partition coefficient (Wildman–Crippen LogP) is 2.94. The monoisotopic (exact) mass is 274 g/mol. The Morgan fingerprint density at radius 2 is 1.80 bits per heavy atom. The third-order valence-electron chi connectivity index (χ3n) is 2.57. The quantitative estimate of drug-likeness (QED) is 0.346. The second-order valence-electron chi connectivity index (χ2n) is 4.06. The van der Waals surface area contributed by atoms with E-state index in [0.29, 0.717) is 11.3 Å². The molecular weight excluding hydrogens is 256 g/mol. The molecule has 1 unspecified atom stereocenters. The third-order valence-corrected chi connectivity index (χ3v) is 2.57. The average molecular weight is 274 g/mol. The van der Waals surface area contributed by atoms with Gasteiger partial charge in [0.2, 0.25) is 5.78 Å². The number of hydrogen-bond acceptors (Lipinski definition) is 4. The van der Waals surface area contributed by atoms with Crippen molar-refractivity contribution in [2.24, 2.45) is 0 Å². The molecule has 1 rings (SSSR count). The molecule has 0 N–H and O–H groups in total. The first-order chi connectivity index (χ1) is 9.58.